The molecule has 0 unspecified atom stereocenters. The molecule has 0 aliphatic rings. The molecule has 0 bridgehead atoms. The van der Waals surface area contributed by atoms with Gasteiger partial charge in [0.15, 0.2) is 0 Å². The summed E-state index contributed by atoms with van der Waals surface area (Å²) in [7, 11) is 0. The van der Waals surface area contributed by atoms with Crippen molar-refractivity contribution >= 4 is 6.08 Å². The first-order chi connectivity index (χ1) is 8.45. The Morgan fingerprint density at radius 1 is 1.28 bits per heavy atom. The lowest BCUT2D eigenvalue weighted by Crippen LogP contribution is -2.35. The van der Waals surface area contributed by atoms with E-state index in [9.17, 15) is 13.2 Å². The lowest BCUT2D eigenvalue weighted by molar-refractivity contribution is -0.136. The molecule has 100 valence electrons. The van der Waals surface area contributed by atoms with Gasteiger partial charge >= 0.3 is 6.18 Å². The van der Waals surface area contributed by atoms with Gasteiger partial charge in [-0.15, -0.1) is 0 Å². The Balaban J connectivity index is 2.80. The minimum absolute atomic E-state index is 0.811. The number of hydrogen-bond donors (Lipinski definition) is 1. The first kappa shape index (κ1) is 14.8. The van der Waals surface area contributed by atoms with Crippen LogP contribution in [0.15, 0.2) is 30.3 Å². The molecule has 4 heteroatoms. The second-order valence-electron chi connectivity index (χ2n) is 4.23. The van der Waals surface area contributed by atoms with E-state index in [1.165, 1.54) is 6.08 Å². The van der Waals surface area contributed by atoms with E-state index < -0.39 is 12.2 Å². The highest BCUT2D eigenvalue weighted by atomic mass is 19.4. The van der Waals surface area contributed by atoms with E-state index in [0.717, 1.165) is 36.5 Å². The van der Waals surface area contributed by atoms with Crippen LogP contribution in [0.3, 0.4) is 0 Å². The van der Waals surface area contributed by atoms with Crippen molar-refractivity contribution in [3.63, 3.8) is 0 Å². The molecule has 18 heavy (non-hydrogen) atoms. The van der Waals surface area contributed by atoms with Crippen molar-refractivity contribution in [3.8, 4) is 0 Å². The van der Waals surface area contributed by atoms with Gasteiger partial charge in [-0.3, -0.25) is 0 Å². The molecular formula is C14H18F3N. The molecule has 0 fully saturated rings. The van der Waals surface area contributed by atoms with Crippen LogP contribution in [-0.2, 0) is 6.42 Å². The van der Waals surface area contributed by atoms with Crippen molar-refractivity contribution < 1.29 is 13.2 Å². The third-order valence-corrected chi connectivity index (χ3v) is 2.72. The fourth-order valence-electron chi connectivity index (χ4n) is 1.61. The first-order valence-corrected chi connectivity index (χ1v) is 6.03. The molecule has 1 aromatic carbocycles. The number of unbranched alkanes of at least 4 members (excludes halogenated alkanes) is 1. The molecule has 1 rings (SSSR count). The average Bonchev–Trinajstić information content (AvgIpc) is 2.33. The fraction of sp³-hybridized carbons (Fsp3) is 0.429. The molecule has 0 amide bonds. The van der Waals surface area contributed by atoms with Crippen molar-refractivity contribution in [2.45, 2.75) is 38.4 Å². The van der Waals surface area contributed by atoms with Gasteiger partial charge in [-0.2, -0.15) is 13.2 Å². The second kappa shape index (κ2) is 6.59. The quantitative estimate of drug-likeness (QED) is 0.849. The van der Waals surface area contributed by atoms with Crippen LogP contribution in [0.5, 0.6) is 0 Å². The predicted octanol–water partition coefficient (Wildman–Crippen LogP) is 3.93. The van der Waals surface area contributed by atoms with Crippen molar-refractivity contribution in [1.29, 1.82) is 0 Å². The number of rotatable bonds is 5. The minimum atomic E-state index is -4.38. The third kappa shape index (κ3) is 4.53. The lowest BCUT2D eigenvalue weighted by atomic mass is 10.0. The van der Waals surface area contributed by atoms with Gasteiger partial charge < -0.3 is 5.73 Å². The fourth-order valence-corrected chi connectivity index (χ4v) is 1.61. The van der Waals surface area contributed by atoms with E-state index >= 15 is 0 Å². The Labute approximate surface area is 105 Å². The summed E-state index contributed by atoms with van der Waals surface area (Å²) < 4.78 is 36.8. The van der Waals surface area contributed by atoms with E-state index in [1.54, 1.807) is 0 Å². The topological polar surface area (TPSA) is 26.0 Å². The summed E-state index contributed by atoms with van der Waals surface area (Å²) in [5.74, 6) is 0. The minimum Gasteiger partial charge on any atom is -0.317 e. The van der Waals surface area contributed by atoms with Crippen LogP contribution in [0.2, 0.25) is 0 Å². The zero-order chi connectivity index (χ0) is 13.6. The Kier molecular flexibility index (Phi) is 5.41. The van der Waals surface area contributed by atoms with Crippen molar-refractivity contribution in [1.82, 2.24) is 0 Å². The molecule has 1 atom stereocenters. The molecule has 0 aromatic heterocycles. The highest BCUT2D eigenvalue weighted by molar-refractivity contribution is 5.54. The Hall–Kier alpha value is -1.29. The number of nitrogens with two attached hydrogens (primary N) is 1. The molecule has 0 heterocycles. The van der Waals surface area contributed by atoms with Crippen LogP contribution < -0.4 is 5.73 Å². The molecule has 1 aromatic rings. The van der Waals surface area contributed by atoms with Gasteiger partial charge in [0.2, 0.25) is 0 Å². The van der Waals surface area contributed by atoms with Gasteiger partial charge in [0.05, 0.1) is 0 Å². The highest BCUT2D eigenvalue weighted by Crippen LogP contribution is 2.21. The molecule has 2 N–H and O–H groups in total. The summed E-state index contributed by atoms with van der Waals surface area (Å²) in [6.45, 7) is 2.08. The number of halogens is 3. The van der Waals surface area contributed by atoms with Gasteiger partial charge in [-0.1, -0.05) is 49.8 Å². The van der Waals surface area contributed by atoms with Crippen molar-refractivity contribution in [3.05, 3.63) is 41.5 Å². The molecule has 0 saturated heterocycles. The number of hydrogen-bond acceptors (Lipinski definition) is 1. The normalized spacial score (nSPS) is 14.1. The van der Waals surface area contributed by atoms with Gasteiger partial charge in [-0.05, 0) is 24.0 Å². The van der Waals surface area contributed by atoms with Crippen molar-refractivity contribution in [2.24, 2.45) is 5.73 Å². The molecule has 0 radical (unpaired) electrons. The Morgan fingerprint density at radius 2 is 1.94 bits per heavy atom. The third-order valence-electron chi connectivity index (χ3n) is 2.72. The van der Waals surface area contributed by atoms with E-state index in [2.05, 4.69) is 6.92 Å². The summed E-state index contributed by atoms with van der Waals surface area (Å²) in [5.41, 5.74) is 6.91. The van der Waals surface area contributed by atoms with Crippen LogP contribution in [0.25, 0.3) is 6.08 Å². The van der Waals surface area contributed by atoms with Crippen LogP contribution in [0.1, 0.15) is 30.9 Å². The smallest absolute Gasteiger partial charge is 0.317 e. The SMILES string of the molecule is CCCCc1ccccc1C=C[C@H](N)C(F)(F)F. The van der Waals surface area contributed by atoms with Crippen LogP contribution in [-0.4, -0.2) is 12.2 Å². The maximum atomic E-state index is 12.3. The van der Waals surface area contributed by atoms with Gasteiger partial charge in [-0.25, -0.2) is 0 Å². The molecular weight excluding hydrogens is 239 g/mol. The summed E-state index contributed by atoms with van der Waals surface area (Å²) >= 11 is 0. The first-order valence-electron chi connectivity index (χ1n) is 6.03. The Bertz CT molecular complexity index is 396. The van der Waals surface area contributed by atoms with Crippen LogP contribution in [0, 0.1) is 0 Å². The summed E-state index contributed by atoms with van der Waals surface area (Å²) in [6.07, 6.45) is 1.04. The van der Waals surface area contributed by atoms with E-state index in [1.807, 2.05) is 24.3 Å². The monoisotopic (exact) mass is 257 g/mol. The molecule has 1 nitrogen and oxygen atoms in total. The average molecular weight is 257 g/mol. The van der Waals surface area contributed by atoms with E-state index in [0.29, 0.717) is 0 Å². The largest absolute Gasteiger partial charge is 0.407 e. The standard InChI is InChI=1S/C14H18F3N/c1-2-3-6-11-7-4-5-8-12(11)9-10-13(18)14(15,16)17/h4-5,7-10,13H,2-3,6,18H2,1H3/t13-/m0/s1. The number of aryl methyl sites for hydroxylation is 1. The van der Waals surface area contributed by atoms with Gasteiger partial charge in [0.1, 0.15) is 6.04 Å². The Morgan fingerprint density at radius 3 is 2.56 bits per heavy atom. The molecule has 0 aliphatic carbocycles. The molecule has 0 spiro atoms. The van der Waals surface area contributed by atoms with Crippen LogP contribution >= 0.6 is 0 Å². The molecule has 0 saturated carbocycles. The number of benzene rings is 1. The van der Waals surface area contributed by atoms with E-state index in [4.69, 9.17) is 5.73 Å². The lowest BCUT2D eigenvalue weighted by Gasteiger charge is -2.11. The summed E-state index contributed by atoms with van der Waals surface area (Å²) in [6, 6.07) is 5.55. The maximum Gasteiger partial charge on any atom is 0.407 e. The van der Waals surface area contributed by atoms with E-state index in [-0.39, 0.29) is 0 Å². The van der Waals surface area contributed by atoms with Gasteiger partial charge in [0, 0.05) is 0 Å². The zero-order valence-corrected chi connectivity index (χ0v) is 10.4. The maximum absolute atomic E-state index is 12.3. The second-order valence-corrected chi connectivity index (χ2v) is 4.23. The van der Waals surface area contributed by atoms with Crippen molar-refractivity contribution in [2.75, 3.05) is 0 Å². The highest BCUT2D eigenvalue weighted by Gasteiger charge is 2.34. The van der Waals surface area contributed by atoms with Gasteiger partial charge in [0.25, 0.3) is 0 Å². The molecule has 0 aliphatic heterocycles. The zero-order valence-electron chi connectivity index (χ0n) is 10.4. The summed E-state index contributed by atoms with van der Waals surface area (Å²) in [4.78, 5) is 0. The number of alkyl halides is 3. The van der Waals surface area contributed by atoms with Crippen LogP contribution in [0.4, 0.5) is 13.2 Å². The summed E-state index contributed by atoms with van der Waals surface area (Å²) in [5, 5.41) is 0. The predicted molar refractivity (Wildman–Crippen MR) is 68.1 cm³/mol.